The Labute approximate surface area is 543 Å². The number of carbonyl (C=O) groups excluding carboxylic acids is 4. The Morgan fingerprint density at radius 3 is 0.854 bits per heavy atom. The van der Waals surface area contributed by atoms with Crippen LogP contribution in [-0.4, -0.2) is 96.7 Å². The molecule has 0 rings (SSSR count). The van der Waals surface area contributed by atoms with Gasteiger partial charge in [0.25, 0.3) is 0 Å². The Kier molecular flexibility index (Phi) is 59.6. The van der Waals surface area contributed by atoms with E-state index in [1.54, 1.807) is 0 Å². The van der Waals surface area contributed by atoms with Crippen LogP contribution in [0.15, 0.2) is 0 Å². The highest BCUT2D eigenvalue weighted by Gasteiger charge is 2.30. The van der Waals surface area contributed by atoms with E-state index in [-0.39, 0.29) is 25.7 Å². The fourth-order valence-corrected chi connectivity index (χ4v) is 12.1. The minimum absolute atomic E-state index is 0.103. The third-order valence-corrected chi connectivity index (χ3v) is 18.4. The molecule has 0 radical (unpaired) electrons. The van der Waals surface area contributed by atoms with Crippen molar-refractivity contribution in [3.05, 3.63) is 0 Å². The van der Waals surface area contributed by atoms with Crippen LogP contribution < -0.4 is 0 Å². The van der Waals surface area contributed by atoms with Crippen molar-refractivity contribution in [2.75, 3.05) is 39.6 Å². The van der Waals surface area contributed by atoms with Gasteiger partial charge in [-0.15, -0.1) is 0 Å². The molecule has 0 aliphatic rings. The molecule has 528 valence electrons. The standard InChI is InChI=1S/C70H136O17P2/c1-8-10-11-12-13-22-29-37-44-51-67(72)80-58-66(87-70(75)54-47-40-33-32-36-43-50-63(7)9-2)60-85-89(78,79)83-56-64(71)55-82-88(76,77)84-59-65(57-81-68(73)52-45-38-30-26-25-28-35-42-49-62(5)6)86-69(74)53-46-39-31-24-21-19-17-15-14-16-18-20-23-27-34-41-48-61(3)4/h61-66,71H,8-60H2,1-7H3,(H,76,77)(H,78,79)/t63?,64-,65-,66-/m1/s1. The Bertz CT molecular complexity index is 1750. The molecule has 0 aromatic carbocycles. The fourth-order valence-electron chi connectivity index (χ4n) is 10.5. The van der Waals surface area contributed by atoms with Crippen LogP contribution in [-0.2, 0) is 65.4 Å². The molecular formula is C70H136O17P2. The molecule has 0 saturated heterocycles. The van der Waals surface area contributed by atoms with Gasteiger partial charge in [0.2, 0.25) is 0 Å². The first-order valence-corrected chi connectivity index (χ1v) is 39.4. The van der Waals surface area contributed by atoms with Gasteiger partial charge in [0.05, 0.1) is 26.4 Å². The quantitative estimate of drug-likeness (QED) is 0.0222. The molecule has 3 N–H and O–H groups in total. The highest BCUT2D eigenvalue weighted by molar-refractivity contribution is 7.47. The Morgan fingerprint density at radius 1 is 0.326 bits per heavy atom. The number of phosphoric ester groups is 2. The molecule has 17 nitrogen and oxygen atoms in total. The molecule has 0 fully saturated rings. The van der Waals surface area contributed by atoms with Crippen molar-refractivity contribution in [3.8, 4) is 0 Å². The van der Waals surface area contributed by atoms with E-state index < -0.39 is 97.5 Å². The van der Waals surface area contributed by atoms with E-state index in [1.807, 2.05) is 0 Å². The molecule has 0 bridgehead atoms. The summed E-state index contributed by atoms with van der Waals surface area (Å²) in [7, 11) is -9.90. The highest BCUT2D eigenvalue weighted by atomic mass is 31.2. The molecule has 0 aliphatic heterocycles. The third-order valence-electron chi connectivity index (χ3n) is 16.5. The van der Waals surface area contributed by atoms with Crippen molar-refractivity contribution in [1.82, 2.24) is 0 Å². The number of rotatable bonds is 68. The summed E-state index contributed by atoms with van der Waals surface area (Å²) in [5.74, 6) is 0.125. The topological polar surface area (TPSA) is 237 Å². The lowest BCUT2D eigenvalue weighted by Crippen LogP contribution is -2.30. The zero-order valence-corrected chi connectivity index (χ0v) is 59.7. The molecule has 0 heterocycles. The van der Waals surface area contributed by atoms with Crippen LogP contribution in [0.1, 0.15) is 350 Å². The highest BCUT2D eigenvalue weighted by Crippen LogP contribution is 2.45. The normalized spacial score (nSPS) is 14.5. The van der Waals surface area contributed by atoms with Gasteiger partial charge in [-0.25, -0.2) is 9.13 Å². The molecule has 0 aliphatic carbocycles. The van der Waals surface area contributed by atoms with Gasteiger partial charge in [0.15, 0.2) is 12.2 Å². The fraction of sp³-hybridized carbons (Fsp3) is 0.943. The van der Waals surface area contributed by atoms with Crippen LogP contribution in [0.4, 0.5) is 0 Å². The van der Waals surface area contributed by atoms with Gasteiger partial charge in [-0.1, -0.05) is 299 Å². The zero-order valence-electron chi connectivity index (χ0n) is 57.9. The van der Waals surface area contributed by atoms with Crippen LogP contribution in [0.25, 0.3) is 0 Å². The summed E-state index contributed by atoms with van der Waals surface area (Å²) in [5.41, 5.74) is 0. The van der Waals surface area contributed by atoms with Crippen LogP contribution >= 0.6 is 15.6 Å². The van der Waals surface area contributed by atoms with E-state index in [0.717, 1.165) is 108 Å². The largest absolute Gasteiger partial charge is 0.472 e. The van der Waals surface area contributed by atoms with Crippen molar-refractivity contribution in [2.45, 2.75) is 369 Å². The Balaban J connectivity index is 5.19. The van der Waals surface area contributed by atoms with Crippen LogP contribution in [0, 0.1) is 17.8 Å². The smallest absolute Gasteiger partial charge is 0.462 e. The lowest BCUT2D eigenvalue weighted by Gasteiger charge is -2.21. The molecule has 0 aromatic rings. The minimum atomic E-state index is -4.95. The molecule has 89 heavy (non-hydrogen) atoms. The summed E-state index contributed by atoms with van der Waals surface area (Å²) in [5, 5.41) is 10.6. The monoisotopic (exact) mass is 1310 g/mol. The summed E-state index contributed by atoms with van der Waals surface area (Å²) < 4.78 is 68.2. The second-order valence-electron chi connectivity index (χ2n) is 26.5. The number of aliphatic hydroxyl groups is 1. The van der Waals surface area contributed by atoms with E-state index >= 15 is 0 Å². The summed E-state index contributed by atoms with van der Waals surface area (Å²) >= 11 is 0. The molecule has 0 spiro atoms. The van der Waals surface area contributed by atoms with E-state index in [9.17, 15) is 43.2 Å². The van der Waals surface area contributed by atoms with E-state index in [0.29, 0.717) is 25.7 Å². The summed E-state index contributed by atoms with van der Waals surface area (Å²) in [4.78, 5) is 72.4. The van der Waals surface area contributed by atoms with Crippen molar-refractivity contribution in [2.24, 2.45) is 17.8 Å². The predicted octanol–water partition coefficient (Wildman–Crippen LogP) is 19.8. The van der Waals surface area contributed by atoms with Gasteiger partial charge < -0.3 is 33.8 Å². The zero-order chi connectivity index (χ0) is 65.9. The van der Waals surface area contributed by atoms with Gasteiger partial charge in [-0.3, -0.25) is 37.3 Å². The van der Waals surface area contributed by atoms with Crippen molar-refractivity contribution in [1.29, 1.82) is 0 Å². The van der Waals surface area contributed by atoms with Crippen LogP contribution in [0.2, 0.25) is 0 Å². The SMILES string of the molecule is CCCCCCCCCCCC(=O)OC[C@H](COP(=O)(O)OC[C@H](O)COP(=O)(O)OC[C@@H](COC(=O)CCCCCCCCCCC(C)C)OC(=O)CCCCCCCCCCCCCCCCCCC(C)C)OC(=O)CCCCCCCCC(C)CC. The second-order valence-corrected chi connectivity index (χ2v) is 29.4. The average Bonchev–Trinajstić information content (AvgIpc) is 3.68. The summed E-state index contributed by atoms with van der Waals surface area (Å²) in [6.07, 6.45) is 44.6. The maximum Gasteiger partial charge on any atom is 0.472 e. The number of unbranched alkanes of at least 4 members (excludes halogenated alkanes) is 35. The van der Waals surface area contributed by atoms with Gasteiger partial charge in [0, 0.05) is 25.7 Å². The van der Waals surface area contributed by atoms with Gasteiger partial charge >= 0.3 is 39.5 Å². The Hall–Kier alpha value is -1.94. The van der Waals surface area contributed by atoms with E-state index in [4.69, 9.17) is 37.0 Å². The maximum atomic E-state index is 13.0. The lowest BCUT2D eigenvalue weighted by atomic mass is 10.00. The first-order valence-electron chi connectivity index (χ1n) is 36.4. The molecule has 0 saturated carbocycles. The number of aliphatic hydroxyl groups excluding tert-OH is 1. The van der Waals surface area contributed by atoms with Crippen molar-refractivity contribution >= 4 is 39.5 Å². The molecule has 6 atom stereocenters. The summed E-state index contributed by atoms with van der Waals surface area (Å²) in [6, 6.07) is 0. The minimum Gasteiger partial charge on any atom is -0.462 e. The Morgan fingerprint density at radius 2 is 0.573 bits per heavy atom. The van der Waals surface area contributed by atoms with E-state index in [1.165, 1.54) is 161 Å². The number of phosphoric acid groups is 2. The number of hydrogen-bond acceptors (Lipinski definition) is 15. The number of hydrogen-bond donors (Lipinski definition) is 3. The van der Waals surface area contributed by atoms with E-state index in [2.05, 4.69) is 48.5 Å². The van der Waals surface area contributed by atoms with Gasteiger partial charge in [-0.05, 0) is 43.4 Å². The van der Waals surface area contributed by atoms with Gasteiger partial charge in [0.1, 0.15) is 19.3 Å². The first-order chi connectivity index (χ1) is 42.8. The van der Waals surface area contributed by atoms with Crippen LogP contribution in [0.3, 0.4) is 0 Å². The van der Waals surface area contributed by atoms with Crippen LogP contribution in [0.5, 0.6) is 0 Å². The number of esters is 4. The third kappa shape index (κ3) is 63.2. The first kappa shape index (κ1) is 87.1. The number of carbonyl (C=O) groups is 4. The predicted molar refractivity (Wildman–Crippen MR) is 358 cm³/mol. The van der Waals surface area contributed by atoms with Gasteiger partial charge in [-0.2, -0.15) is 0 Å². The molecule has 0 amide bonds. The van der Waals surface area contributed by atoms with Crippen molar-refractivity contribution < 1.29 is 80.2 Å². The average molecular weight is 1310 g/mol. The van der Waals surface area contributed by atoms with Crippen molar-refractivity contribution in [3.63, 3.8) is 0 Å². The molecule has 3 unspecified atom stereocenters. The molecular weight excluding hydrogens is 1170 g/mol. The lowest BCUT2D eigenvalue weighted by molar-refractivity contribution is -0.161. The maximum absolute atomic E-state index is 13.0. The molecule has 0 aromatic heterocycles. The second kappa shape index (κ2) is 61.0. The molecule has 19 heteroatoms. The summed E-state index contributed by atoms with van der Waals surface area (Å²) in [6.45, 7) is 11.8. The number of ether oxygens (including phenoxy) is 4.